The normalized spacial score (nSPS) is 14.3. The number of nitrogens with zero attached hydrogens (tertiary/aromatic N) is 1. The predicted molar refractivity (Wildman–Crippen MR) is 40.3 cm³/mol. The third kappa shape index (κ3) is 2.36. The van der Waals surface area contributed by atoms with Crippen molar-refractivity contribution < 1.29 is 5.11 Å². The Balaban J connectivity index is 3.94. The minimum absolute atomic E-state index is 0.484. The van der Waals surface area contributed by atoms with Crippen LogP contribution in [0.25, 0.3) is 0 Å². The number of hydrogen-bond acceptors (Lipinski definition) is 2. The Bertz CT molecular complexity index is 135. The molecule has 2 heteroatoms. The standard InChI is InChI=1S/C8H15NO/c1-4-5-7(10)8(2,3)6-9/h7,10H,4-5H2,1-3H3. The van der Waals surface area contributed by atoms with Crippen LogP contribution in [0.15, 0.2) is 0 Å². The van der Waals surface area contributed by atoms with Gasteiger partial charge in [0, 0.05) is 0 Å². The van der Waals surface area contributed by atoms with Crippen LogP contribution in [0.3, 0.4) is 0 Å². The Labute approximate surface area is 62.5 Å². The molecule has 0 aromatic rings. The first-order chi connectivity index (χ1) is 4.54. The van der Waals surface area contributed by atoms with E-state index in [0.717, 1.165) is 6.42 Å². The molecule has 0 aliphatic rings. The molecular formula is C8H15NO. The maximum Gasteiger partial charge on any atom is 0.0776 e. The van der Waals surface area contributed by atoms with E-state index in [-0.39, 0.29) is 0 Å². The first-order valence-corrected chi connectivity index (χ1v) is 3.64. The van der Waals surface area contributed by atoms with E-state index in [1.807, 2.05) is 6.92 Å². The van der Waals surface area contributed by atoms with Gasteiger partial charge in [-0.05, 0) is 20.3 Å². The number of rotatable bonds is 3. The Morgan fingerprint density at radius 1 is 1.60 bits per heavy atom. The minimum atomic E-state index is -0.587. The summed E-state index contributed by atoms with van der Waals surface area (Å²) in [5.41, 5.74) is -0.587. The van der Waals surface area contributed by atoms with E-state index >= 15 is 0 Å². The third-order valence-corrected chi connectivity index (χ3v) is 1.68. The summed E-state index contributed by atoms with van der Waals surface area (Å²) in [6, 6.07) is 2.08. The summed E-state index contributed by atoms with van der Waals surface area (Å²) >= 11 is 0. The lowest BCUT2D eigenvalue weighted by Gasteiger charge is -2.21. The minimum Gasteiger partial charge on any atom is -0.391 e. The molecule has 0 aromatic heterocycles. The zero-order valence-electron chi connectivity index (χ0n) is 6.89. The fourth-order valence-corrected chi connectivity index (χ4v) is 0.709. The molecule has 0 aliphatic carbocycles. The fourth-order valence-electron chi connectivity index (χ4n) is 0.709. The largest absolute Gasteiger partial charge is 0.391 e. The van der Waals surface area contributed by atoms with Crippen molar-refractivity contribution in [2.24, 2.45) is 5.41 Å². The average Bonchev–Trinajstić information content (AvgIpc) is 1.89. The van der Waals surface area contributed by atoms with Crippen LogP contribution in [0, 0.1) is 16.7 Å². The summed E-state index contributed by atoms with van der Waals surface area (Å²) < 4.78 is 0. The molecule has 0 spiro atoms. The molecule has 10 heavy (non-hydrogen) atoms. The van der Waals surface area contributed by atoms with Crippen LogP contribution in [0.4, 0.5) is 0 Å². The van der Waals surface area contributed by atoms with Gasteiger partial charge in [0.25, 0.3) is 0 Å². The number of nitriles is 1. The molecule has 0 amide bonds. The lowest BCUT2D eigenvalue weighted by atomic mass is 9.86. The molecular weight excluding hydrogens is 126 g/mol. The summed E-state index contributed by atoms with van der Waals surface area (Å²) in [6.45, 7) is 5.51. The highest BCUT2D eigenvalue weighted by molar-refractivity contribution is 4.96. The summed E-state index contributed by atoms with van der Waals surface area (Å²) in [4.78, 5) is 0. The Hall–Kier alpha value is -0.550. The lowest BCUT2D eigenvalue weighted by Crippen LogP contribution is -2.27. The van der Waals surface area contributed by atoms with Gasteiger partial charge in [0.15, 0.2) is 0 Å². The second-order valence-electron chi connectivity index (χ2n) is 3.14. The van der Waals surface area contributed by atoms with Crippen LogP contribution in [-0.2, 0) is 0 Å². The third-order valence-electron chi connectivity index (χ3n) is 1.68. The molecule has 0 heterocycles. The van der Waals surface area contributed by atoms with Gasteiger partial charge in [-0.1, -0.05) is 13.3 Å². The van der Waals surface area contributed by atoms with E-state index in [1.54, 1.807) is 13.8 Å². The zero-order valence-corrected chi connectivity index (χ0v) is 6.89. The second-order valence-corrected chi connectivity index (χ2v) is 3.14. The van der Waals surface area contributed by atoms with Crippen molar-refractivity contribution in [1.82, 2.24) is 0 Å². The molecule has 0 aromatic carbocycles. The van der Waals surface area contributed by atoms with Gasteiger partial charge in [0.05, 0.1) is 17.6 Å². The molecule has 1 atom stereocenters. The molecule has 0 saturated heterocycles. The summed E-state index contributed by atoms with van der Waals surface area (Å²) in [5.74, 6) is 0. The maximum atomic E-state index is 9.35. The van der Waals surface area contributed by atoms with Gasteiger partial charge in [0.1, 0.15) is 0 Å². The number of aliphatic hydroxyl groups excluding tert-OH is 1. The molecule has 0 radical (unpaired) electrons. The Kier molecular flexibility index (Phi) is 3.38. The average molecular weight is 141 g/mol. The highest BCUT2D eigenvalue weighted by atomic mass is 16.3. The van der Waals surface area contributed by atoms with E-state index in [2.05, 4.69) is 6.07 Å². The van der Waals surface area contributed by atoms with E-state index in [4.69, 9.17) is 5.26 Å². The quantitative estimate of drug-likeness (QED) is 0.650. The smallest absolute Gasteiger partial charge is 0.0776 e. The predicted octanol–water partition coefficient (Wildman–Crippen LogP) is 1.70. The van der Waals surface area contributed by atoms with Gasteiger partial charge in [-0.15, -0.1) is 0 Å². The van der Waals surface area contributed by atoms with Crippen molar-refractivity contribution >= 4 is 0 Å². The summed E-state index contributed by atoms with van der Waals surface area (Å²) in [6.07, 6.45) is 1.15. The molecule has 0 saturated carbocycles. The first kappa shape index (κ1) is 9.45. The van der Waals surface area contributed by atoms with Crippen LogP contribution < -0.4 is 0 Å². The van der Waals surface area contributed by atoms with Gasteiger partial charge in [-0.3, -0.25) is 0 Å². The van der Waals surface area contributed by atoms with Crippen LogP contribution in [-0.4, -0.2) is 11.2 Å². The van der Waals surface area contributed by atoms with Crippen molar-refractivity contribution in [3.8, 4) is 6.07 Å². The monoisotopic (exact) mass is 141 g/mol. The summed E-state index contributed by atoms with van der Waals surface area (Å²) in [7, 11) is 0. The van der Waals surface area contributed by atoms with Gasteiger partial charge in [0.2, 0.25) is 0 Å². The van der Waals surface area contributed by atoms with Crippen LogP contribution in [0.2, 0.25) is 0 Å². The molecule has 0 rings (SSSR count). The SMILES string of the molecule is CCCC(O)C(C)(C)C#N. The topological polar surface area (TPSA) is 44.0 Å². The molecule has 0 fully saturated rings. The van der Waals surface area contributed by atoms with Crippen molar-refractivity contribution in [2.45, 2.75) is 39.7 Å². The van der Waals surface area contributed by atoms with Crippen LogP contribution in [0.1, 0.15) is 33.6 Å². The van der Waals surface area contributed by atoms with Gasteiger partial charge >= 0.3 is 0 Å². The molecule has 58 valence electrons. The van der Waals surface area contributed by atoms with Gasteiger partial charge < -0.3 is 5.11 Å². The first-order valence-electron chi connectivity index (χ1n) is 3.64. The number of hydrogen-bond donors (Lipinski definition) is 1. The van der Waals surface area contributed by atoms with E-state index in [0.29, 0.717) is 6.42 Å². The maximum absolute atomic E-state index is 9.35. The Morgan fingerprint density at radius 2 is 2.10 bits per heavy atom. The molecule has 1 N–H and O–H groups in total. The fraction of sp³-hybridized carbons (Fsp3) is 0.875. The number of aliphatic hydroxyl groups is 1. The van der Waals surface area contributed by atoms with Gasteiger partial charge in [-0.2, -0.15) is 5.26 Å². The van der Waals surface area contributed by atoms with Crippen molar-refractivity contribution in [3.05, 3.63) is 0 Å². The lowest BCUT2D eigenvalue weighted by molar-refractivity contribution is 0.0778. The molecule has 0 bridgehead atoms. The van der Waals surface area contributed by atoms with Crippen LogP contribution >= 0.6 is 0 Å². The van der Waals surface area contributed by atoms with Crippen LogP contribution in [0.5, 0.6) is 0 Å². The molecule has 0 aliphatic heterocycles. The molecule has 2 nitrogen and oxygen atoms in total. The van der Waals surface area contributed by atoms with E-state index in [9.17, 15) is 5.11 Å². The van der Waals surface area contributed by atoms with E-state index in [1.165, 1.54) is 0 Å². The van der Waals surface area contributed by atoms with Crippen molar-refractivity contribution in [3.63, 3.8) is 0 Å². The van der Waals surface area contributed by atoms with Gasteiger partial charge in [-0.25, -0.2) is 0 Å². The van der Waals surface area contributed by atoms with E-state index < -0.39 is 11.5 Å². The Morgan fingerprint density at radius 3 is 2.40 bits per heavy atom. The van der Waals surface area contributed by atoms with Crippen molar-refractivity contribution in [1.29, 1.82) is 5.26 Å². The highest BCUT2D eigenvalue weighted by Crippen LogP contribution is 2.22. The summed E-state index contributed by atoms with van der Waals surface area (Å²) in [5, 5.41) is 17.9. The highest BCUT2D eigenvalue weighted by Gasteiger charge is 2.26. The molecule has 1 unspecified atom stereocenters. The van der Waals surface area contributed by atoms with Crippen molar-refractivity contribution in [2.75, 3.05) is 0 Å². The zero-order chi connectivity index (χ0) is 8.20. The second kappa shape index (κ2) is 3.58.